The molecule has 0 aliphatic heterocycles. The van der Waals surface area contributed by atoms with Gasteiger partial charge in [0.25, 0.3) is 0 Å². The summed E-state index contributed by atoms with van der Waals surface area (Å²) in [5.74, 6) is -0.0186. The van der Waals surface area contributed by atoms with Gasteiger partial charge in [-0.1, -0.05) is 26.0 Å². The predicted molar refractivity (Wildman–Crippen MR) is 67.7 cm³/mol. The minimum absolute atomic E-state index is 0.0813. The average molecular weight is 273 g/mol. The number of hydrogen-bond donors (Lipinski definition) is 1. The van der Waals surface area contributed by atoms with E-state index in [1.807, 2.05) is 13.8 Å². The van der Waals surface area contributed by atoms with Gasteiger partial charge >= 0.3 is 6.18 Å². The van der Waals surface area contributed by atoms with Crippen LogP contribution in [0.25, 0.3) is 0 Å². The van der Waals surface area contributed by atoms with Gasteiger partial charge < -0.3 is 5.32 Å². The van der Waals surface area contributed by atoms with E-state index >= 15 is 0 Å². The third-order valence-corrected chi connectivity index (χ3v) is 3.16. The highest BCUT2D eigenvalue weighted by Gasteiger charge is 2.30. The molecule has 1 unspecified atom stereocenters. The minimum Gasteiger partial charge on any atom is -0.359 e. The van der Waals surface area contributed by atoms with E-state index in [0.29, 0.717) is 0 Å². The van der Waals surface area contributed by atoms with Crippen molar-refractivity contribution in [2.24, 2.45) is 5.92 Å². The van der Waals surface area contributed by atoms with E-state index in [9.17, 15) is 18.0 Å². The highest BCUT2D eigenvalue weighted by molar-refractivity contribution is 5.76. The first-order valence-electron chi connectivity index (χ1n) is 6.13. The molecule has 0 aromatic heterocycles. The van der Waals surface area contributed by atoms with E-state index in [-0.39, 0.29) is 24.2 Å². The highest BCUT2D eigenvalue weighted by atomic mass is 19.4. The Labute approximate surface area is 111 Å². The van der Waals surface area contributed by atoms with Crippen LogP contribution in [0.5, 0.6) is 0 Å². The average Bonchev–Trinajstić information content (AvgIpc) is 2.34. The maximum absolute atomic E-state index is 12.5. The molecular formula is C14H18F3NO. The Hall–Kier alpha value is -1.52. The second-order valence-electron chi connectivity index (χ2n) is 4.85. The van der Waals surface area contributed by atoms with Crippen LogP contribution < -0.4 is 5.32 Å². The minimum atomic E-state index is -4.33. The van der Waals surface area contributed by atoms with Crippen LogP contribution in [0.15, 0.2) is 24.3 Å². The first-order chi connectivity index (χ1) is 8.75. The Balaban J connectivity index is 2.95. The summed E-state index contributed by atoms with van der Waals surface area (Å²) in [5.41, 5.74) is 0.0882. The van der Waals surface area contributed by atoms with Crippen molar-refractivity contribution in [1.29, 1.82) is 0 Å². The van der Waals surface area contributed by atoms with Crippen LogP contribution in [0, 0.1) is 5.92 Å². The number of benzene rings is 1. The molecule has 0 aliphatic rings. The van der Waals surface area contributed by atoms with Crippen molar-refractivity contribution in [3.63, 3.8) is 0 Å². The number of amides is 1. The van der Waals surface area contributed by atoms with Crippen molar-refractivity contribution in [1.82, 2.24) is 5.32 Å². The summed E-state index contributed by atoms with van der Waals surface area (Å²) >= 11 is 0. The first-order valence-corrected chi connectivity index (χ1v) is 6.13. The summed E-state index contributed by atoms with van der Waals surface area (Å²) in [6, 6.07) is 5.04. The molecule has 1 N–H and O–H groups in total. The largest absolute Gasteiger partial charge is 0.416 e. The molecule has 1 aromatic carbocycles. The zero-order chi connectivity index (χ0) is 14.6. The summed E-state index contributed by atoms with van der Waals surface area (Å²) in [4.78, 5) is 11.4. The van der Waals surface area contributed by atoms with E-state index < -0.39 is 11.7 Å². The molecule has 0 bridgehead atoms. The second-order valence-corrected chi connectivity index (χ2v) is 4.85. The normalized spacial score (nSPS) is 13.4. The standard InChI is InChI=1S/C14H18F3NO/c1-9(2)12(8-13(19)18-3)10-4-6-11(7-5-10)14(15,16)17/h4-7,9,12H,8H2,1-3H3,(H,18,19). The molecule has 0 radical (unpaired) electrons. The molecule has 1 rings (SSSR count). The number of halogens is 3. The molecule has 5 heteroatoms. The third kappa shape index (κ3) is 4.26. The molecular weight excluding hydrogens is 255 g/mol. The van der Waals surface area contributed by atoms with Gasteiger partial charge in [0, 0.05) is 13.5 Å². The molecule has 2 nitrogen and oxygen atoms in total. The molecule has 1 atom stereocenters. The van der Waals surface area contributed by atoms with Gasteiger partial charge in [0.2, 0.25) is 5.91 Å². The van der Waals surface area contributed by atoms with E-state index in [1.54, 1.807) is 7.05 Å². The summed E-state index contributed by atoms with van der Waals surface area (Å²) in [7, 11) is 1.55. The fourth-order valence-electron chi connectivity index (χ4n) is 1.96. The predicted octanol–water partition coefficient (Wildman–Crippen LogP) is 3.58. The van der Waals surface area contributed by atoms with Crippen molar-refractivity contribution < 1.29 is 18.0 Å². The van der Waals surface area contributed by atoms with E-state index in [4.69, 9.17) is 0 Å². The maximum Gasteiger partial charge on any atom is 0.416 e. The zero-order valence-corrected chi connectivity index (χ0v) is 11.2. The lowest BCUT2D eigenvalue weighted by molar-refractivity contribution is -0.137. The number of rotatable bonds is 4. The summed E-state index contributed by atoms with van der Waals surface area (Å²) in [6.45, 7) is 3.90. The number of carbonyl (C=O) groups is 1. The molecule has 0 fully saturated rings. The van der Waals surface area contributed by atoms with Crippen molar-refractivity contribution >= 4 is 5.91 Å². The molecule has 0 heterocycles. The second kappa shape index (κ2) is 6.08. The van der Waals surface area contributed by atoms with Gasteiger partial charge in [-0.05, 0) is 29.5 Å². The van der Waals surface area contributed by atoms with E-state index in [1.165, 1.54) is 12.1 Å². The third-order valence-electron chi connectivity index (χ3n) is 3.16. The lowest BCUT2D eigenvalue weighted by atomic mass is 9.85. The summed E-state index contributed by atoms with van der Waals surface area (Å²) in [5, 5.41) is 2.54. The lowest BCUT2D eigenvalue weighted by Gasteiger charge is -2.21. The zero-order valence-electron chi connectivity index (χ0n) is 11.2. The molecule has 19 heavy (non-hydrogen) atoms. The fourth-order valence-corrected chi connectivity index (χ4v) is 1.96. The van der Waals surface area contributed by atoms with Gasteiger partial charge in [-0.25, -0.2) is 0 Å². The van der Waals surface area contributed by atoms with Crippen LogP contribution in [-0.4, -0.2) is 13.0 Å². The number of nitrogens with one attached hydrogen (secondary N) is 1. The molecule has 0 saturated carbocycles. The molecule has 0 saturated heterocycles. The molecule has 1 amide bonds. The van der Waals surface area contributed by atoms with Gasteiger partial charge in [-0.3, -0.25) is 4.79 Å². The van der Waals surface area contributed by atoms with Gasteiger partial charge in [-0.15, -0.1) is 0 Å². The van der Waals surface area contributed by atoms with Crippen LogP contribution >= 0.6 is 0 Å². The van der Waals surface area contributed by atoms with Crippen LogP contribution in [0.3, 0.4) is 0 Å². The van der Waals surface area contributed by atoms with Crippen LogP contribution in [0.4, 0.5) is 13.2 Å². The SMILES string of the molecule is CNC(=O)CC(c1ccc(C(F)(F)F)cc1)C(C)C. The number of hydrogen-bond acceptors (Lipinski definition) is 1. The van der Waals surface area contributed by atoms with Crippen LogP contribution in [0.1, 0.15) is 37.3 Å². The van der Waals surface area contributed by atoms with E-state index in [2.05, 4.69) is 5.32 Å². The Morgan fingerprint density at radius 3 is 2.11 bits per heavy atom. The van der Waals surface area contributed by atoms with Crippen molar-refractivity contribution in [2.75, 3.05) is 7.05 Å². The Kier molecular flexibility index (Phi) is 4.97. The Morgan fingerprint density at radius 1 is 1.21 bits per heavy atom. The smallest absolute Gasteiger partial charge is 0.359 e. The quantitative estimate of drug-likeness (QED) is 0.892. The van der Waals surface area contributed by atoms with Gasteiger partial charge in [0.05, 0.1) is 5.56 Å². The summed E-state index contributed by atoms with van der Waals surface area (Å²) < 4.78 is 37.4. The number of alkyl halides is 3. The van der Waals surface area contributed by atoms with Gasteiger partial charge in [-0.2, -0.15) is 13.2 Å². The molecule has 1 aromatic rings. The van der Waals surface area contributed by atoms with Crippen LogP contribution in [0.2, 0.25) is 0 Å². The fraction of sp³-hybridized carbons (Fsp3) is 0.500. The molecule has 0 spiro atoms. The Bertz CT molecular complexity index is 423. The molecule has 106 valence electrons. The van der Waals surface area contributed by atoms with Crippen molar-refractivity contribution in [2.45, 2.75) is 32.4 Å². The van der Waals surface area contributed by atoms with Crippen LogP contribution in [-0.2, 0) is 11.0 Å². The summed E-state index contributed by atoms with van der Waals surface area (Å²) in [6.07, 6.45) is -4.05. The monoisotopic (exact) mass is 273 g/mol. The van der Waals surface area contributed by atoms with Gasteiger partial charge in [0.1, 0.15) is 0 Å². The topological polar surface area (TPSA) is 29.1 Å². The first kappa shape index (κ1) is 15.5. The highest BCUT2D eigenvalue weighted by Crippen LogP contribution is 2.32. The van der Waals surface area contributed by atoms with E-state index in [0.717, 1.165) is 17.7 Å². The number of carbonyl (C=O) groups excluding carboxylic acids is 1. The Morgan fingerprint density at radius 2 is 1.74 bits per heavy atom. The van der Waals surface area contributed by atoms with Gasteiger partial charge in [0.15, 0.2) is 0 Å². The van der Waals surface area contributed by atoms with Crippen molar-refractivity contribution in [3.05, 3.63) is 35.4 Å². The maximum atomic E-state index is 12.5. The van der Waals surface area contributed by atoms with Crippen molar-refractivity contribution in [3.8, 4) is 0 Å². The molecule has 0 aliphatic carbocycles. The lowest BCUT2D eigenvalue weighted by Crippen LogP contribution is -2.22.